The number of aliphatic hydroxyl groups excluding tert-OH is 1. The fourth-order valence-electron chi connectivity index (χ4n) is 4.61. The number of fused-ring (bicyclic) bond motifs is 1. The van der Waals surface area contributed by atoms with E-state index in [9.17, 15) is 18.3 Å². The number of likely N-dealkylation sites (N-methyl/N-ethyl adjacent to an activating group) is 1. The number of aliphatic hydroxyl groups is 1. The van der Waals surface area contributed by atoms with Gasteiger partial charge in [-0.1, -0.05) is 24.8 Å². The Kier molecular flexibility index (Phi) is 10.2. The average molecular weight is 608 g/mol. The summed E-state index contributed by atoms with van der Waals surface area (Å²) in [6, 6.07) is 18.0. The van der Waals surface area contributed by atoms with Crippen molar-refractivity contribution in [1.82, 2.24) is 9.21 Å². The van der Waals surface area contributed by atoms with Crippen LogP contribution in [0.4, 0.5) is 10.5 Å². The highest BCUT2D eigenvalue weighted by atomic mass is 32.2. The minimum atomic E-state index is -4.01. The molecule has 0 bridgehead atoms. The van der Waals surface area contributed by atoms with E-state index < -0.39 is 22.2 Å². The Morgan fingerprint density at radius 2 is 1.74 bits per heavy atom. The molecule has 4 rings (SSSR count). The van der Waals surface area contributed by atoms with Gasteiger partial charge in [-0.25, -0.2) is 13.2 Å². The summed E-state index contributed by atoms with van der Waals surface area (Å²) in [4.78, 5) is 14.5. The minimum Gasteiger partial charge on any atom is -0.497 e. The first-order chi connectivity index (χ1) is 20.5. The van der Waals surface area contributed by atoms with E-state index in [1.165, 1.54) is 15.3 Å². The number of nitrogens with one attached hydrogen (secondary N) is 1. The largest absolute Gasteiger partial charge is 0.497 e. The molecule has 0 saturated heterocycles. The van der Waals surface area contributed by atoms with Crippen molar-refractivity contribution in [2.24, 2.45) is 5.92 Å². The number of amides is 2. The molecule has 1 aliphatic rings. The summed E-state index contributed by atoms with van der Waals surface area (Å²) >= 11 is 0. The van der Waals surface area contributed by atoms with Crippen LogP contribution in [0.2, 0.25) is 0 Å². The third kappa shape index (κ3) is 7.59. The molecule has 1 aliphatic heterocycles. The van der Waals surface area contributed by atoms with Gasteiger partial charge in [-0.3, -0.25) is 0 Å². The Balaban J connectivity index is 1.65. The van der Waals surface area contributed by atoms with Crippen LogP contribution in [-0.2, 0) is 10.0 Å². The fraction of sp³-hybridized carbons (Fsp3) is 0.344. The van der Waals surface area contributed by atoms with Crippen molar-refractivity contribution in [3.63, 3.8) is 0 Å². The average Bonchev–Trinajstić information content (AvgIpc) is 3.01. The summed E-state index contributed by atoms with van der Waals surface area (Å²) < 4.78 is 45.6. The molecule has 1 heterocycles. The Labute approximate surface area is 253 Å². The smallest absolute Gasteiger partial charge is 0.321 e. The maximum Gasteiger partial charge on any atom is 0.321 e. The van der Waals surface area contributed by atoms with E-state index in [2.05, 4.69) is 17.2 Å². The van der Waals surface area contributed by atoms with E-state index in [0.29, 0.717) is 22.7 Å². The van der Waals surface area contributed by atoms with Gasteiger partial charge in [-0.05, 0) is 61.5 Å². The molecule has 228 valence electrons. The number of hydrogen-bond donors (Lipinski definition) is 2. The van der Waals surface area contributed by atoms with Crippen LogP contribution < -0.4 is 19.5 Å². The highest BCUT2D eigenvalue weighted by Crippen LogP contribution is 2.34. The third-order valence-electron chi connectivity index (χ3n) is 7.23. The van der Waals surface area contributed by atoms with Crippen molar-refractivity contribution >= 4 is 21.7 Å². The Hall–Kier alpha value is -4.24. The molecule has 0 aliphatic carbocycles. The molecule has 2 N–H and O–H groups in total. The zero-order chi connectivity index (χ0) is 31.1. The van der Waals surface area contributed by atoms with Crippen LogP contribution in [-0.4, -0.2) is 81.9 Å². The Morgan fingerprint density at radius 1 is 1.07 bits per heavy atom. The lowest BCUT2D eigenvalue weighted by Gasteiger charge is -2.37. The quantitative estimate of drug-likeness (QED) is 0.390. The molecule has 11 heteroatoms. The number of urea groups is 1. The van der Waals surface area contributed by atoms with Gasteiger partial charge < -0.3 is 29.5 Å². The van der Waals surface area contributed by atoms with E-state index in [4.69, 9.17) is 14.2 Å². The van der Waals surface area contributed by atoms with Gasteiger partial charge in [0.15, 0.2) is 0 Å². The number of sulfonamides is 1. The molecular formula is C32H37N3O7S. The van der Waals surface area contributed by atoms with Crippen molar-refractivity contribution < 1.29 is 32.5 Å². The van der Waals surface area contributed by atoms with Crippen LogP contribution >= 0.6 is 0 Å². The molecule has 0 unspecified atom stereocenters. The van der Waals surface area contributed by atoms with Crippen molar-refractivity contribution in [2.45, 2.75) is 30.9 Å². The van der Waals surface area contributed by atoms with E-state index in [0.717, 1.165) is 5.56 Å². The lowest BCUT2D eigenvalue weighted by molar-refractivity contribution is 0.0830. The van der Waals surface area contributed by atoms with Gasteiger partial charge in [-0.2, -0.15) is 4.31 Å². The Bertz CT molecular complexity index is 1600. The molecular weight excluding hydrogens is 570 g/mol. The summed E-state index contributed by atoms with van der Waals surface area (Å²) in [5, 5.41) is 12.8. The van der Waals surface area contributed by atoms with Gasteiger partial charge in [0.05, 0.1) is 27.4 Å². The highest BCUT2D eigenvalue weighted by Gasteiger charge is 2.38. The second-order valence-electron chi connectivity index (χ2n) is 10.4. The van der Waals surface area contributed by atoms with Gasteiger partial charge in [0.25, 0.3) is 0 Å². The molecule has 0 saturated carbocycles. The van der Waals surface area contributed by atoms with E-state index in [1.54, 1.807) is 64.6 Å². The fourth-order valence-corrected chi connectivity index (χ4v) is 6.44. The molecule has 0 radical (unpaired) electrons. The molecule has 2 amide bonds. The van der Waals surface area contributed by atoms with Crippen LogP contribution in [0.15, 0.2) is 71.6 Å². The number of ether oxygens (including phenoxy) is 3. The number of anilines is 1. The predicted octanol–water partition coefficient (Wildman–Crippen LogP) is 4.04. The van der Waals surface area contributed by atoms with Crippen LogP contribution in [0.5, 0.6) is 17.2 Å². The number of benzene rings is 3. The molecule has 3 aromatic rings. The summed E-state index contributed by atoms with van der Waals surface area (Å²) in [6.45, 7) is 3.44. The number of carbonyl (C=O) groups excluding carboxylic acids is 1. The molecule has 0 fully saturated rings. The summed E-state index contributed by atoms with van der Waals surface area (Å²) in [6.07, 6.45) is -0.575. The number of hydrogen-bond acceptors (Lipinski definition) is 7. The van der Waals surface area contributed by atoms with Crippen molar-refractivity contribution in [3.8, 4) is 29.1 Å². The first-order valence-electron chi connectivity index (χ1n) is 13.8. The molecule has 3 atom stereocenters. The predicted molar refractivity (Wildman–Crippen MR) is 164 cm³/mol. The van der Waals surface area contributed by atoms with Gasteiger partial charge in [0.2, 0.25) is 10.0 Å². The summed E-state index contributed by atoms with van der Waals surface area (Å²) in [7, 11) is 0.776. The van der Waals surface area contributed by atoms with Gasteiger partial charge in [0, 0.05) is 48.4 Å². The van der Waals surface area contributed by atoms with E-state index >= 15 is 0 Å². The van der Waals surface area contributed by atoms with Crippen molar-refractivity contribution in [1.29, 1.82) is 0 Å². The number of methoxy groups -OCH3 is 2. The number of carbonyl (C=O) groups is 1. The number of rotatable bonds is 7. The third-order valence-corrected chi connectivity index (χ3v) is 9.25. The second-order valence-corrected chi connectivity index (χ2v) is 12.3. The monoisotopic (exact) mass is 607 g/mol. The zero-order valence-corrected chi connectivity index (χ0v) is 25.7. The van der Waals surface area contributed by atoms with Crippen LogP contribution in [0.25, 0.3) is 0 Å². The first-order valence-corrected chi connectivity index (χ1v) is 15.3. The van der Waals surface area contributed by atoms with Gasteiger partial charge in [-0.15, -0.1) is 0 Å². The van der Waals surface area contributed by atoms with Crippen molar-refractivity contribution in [2.75, 3.05) is 46.3 Å². The SMILES string of the molecule is COc1ccc(C#Cc2ccc3c(c2)O[C@H](CN(C)C(=O)Nc2cccc(OC)c2)[C@H](C)CN([C@@H](C)CO)S3(=O)=O)cc1. The van der Waals surface area contributed by atoms with E-state index in [-0.39, 0.29) is 42.3 Å². The number of nitrogens with zero attached hydrogens (tertiary/aromatic N) is 2. The molecule has 0 aromatic heterocycles. The summed E-state index contributed by atoms with van der Waals surface area (Å²) in [5.41, 5.74) is 1.89. The summed E-state index contributed by atoms with van der Waals surface area (Å²) in [5.74, 6) is 7.28. The standard InChI is InChI=1S/C32H37N3O7S/c1-22-19-35(23(2)21-36)43(38,39)31-16-13-25(10-9-24-11-14-27(40-4)15-12-24)17-29(31)42-30(22)20-34(3)32(37)33-26-7-6-8-28(18-26)41-5/h6-8,11-18,22-23,30,36H,19-21H2,1-5H3,(H,33,37)/t22-,23+,30-/m1/s1. The van der Waals surface area contributed by atoms with Crippen molar-refractivity contribution in [3.05, 3.63) is 77.9 Å². The maximum absolute atomic E-state index is 13.8. The molecule has 3 aromatic carbocycles. The lowest BCUT2D eigenvalue weighted by Crippen LogP contribution is -2.50. The topological polar surface area (TPSA) is 118 Å². The first kappa shape index (κ1) is 31.7. The second kappa shape index (κ2) is 13.8. The minimum absolute atomic E-state index is 0.0248. The highest BCUT2D eigenvalue weighted by molar-refractivity contribution is 7.89. The zero-order valence-electron chi connectivity index (χ0n) is 24.9. The van der Waals surface area contributed by atoms with Gasteiger partial charge >= 0.3 is 6.03 Å². The van der Waals surface area contributed by atoms with E-state index in [1.807, 2.05) is 31.2 Å². The molecule has 0 spiro atoms. The van der Waals surface area contributed by atoms with Crippen LogP contribution in [0.1, 0.15) is 25.0 Å². The lowest BCUT2D eigenvalue weighted by atomic mass is 10.0. The van der Waals surface area contributed by atoms with Gasteiger partial charge in [0.1, 0.15) is 28.2 Å². The molecule has 43 heavy (non-hydrogen) atoms. The molecule has 10 nitrogen and oxygen atoms in total. The Morgan fingerprint density at radius 3 is 2.42 bits per heavy atom. The van der Waals surface area contributed by atoms with Crippen LogP contribution in [0.3, 0.4) is 0 Å². The maximum atomic E-state index is 13.8. The normalized spacial score (nSPS) is 18.4. The van der Waals surface area contributed by atoms with Crippen LogP contribution in [0, 0.1) is 17.8 Å².